The van der Waals surface area contributed by atoms with Gasteiger partial charge in [0.1, 0.15) is 11.9 Å². The molecular weight excluding hydrogens is 277 g/mol. The van der Waals surface area contributed by atoms with Crippen LogP contribution in [0.4, 0.5) is 4.39 Å². The third-order valence-corrected chi connectivity index (χ3v) is 2.35. The average molecular weight is 288 g/mol. The Kier molecular flexibility index (Phi) is 5.14. The molecule has 0 aliphatic carbocycles. The van der Waals surface area contributed by atoms with Gasteiger partial charge in [0.05, 0.1) is 12.8 Å². The summed E-state index contributed by atoms with van der Waals surface area (Å²) in [5.74, 6) is -0.419. The molecule has 0 aromatic heterocycles. The minimum absolute atomic E-state index is 0.239. The molecule has 16 heavy (non-hydrogen) atoms. The molecule has 0 aliphatic rings. The first-order chi connectivity index (χ1) is 7.69. The maximum absolute atomic E-state index is 13.5. The van der Waals surface area contributed by atoms with Crippen molar-refractivity contribution in [3.8, 4) is 0 Å². The van der Waals surface area contributed by atoms with Crippen LogP contribution in [-0.4, -0.2) is 18.0 Å². The van der Waals surface area contributed by atoms with E-state index in [0.717, 1.165) is 10.7 Å². The minimum Gasteiger partial charge on any atom is -0.411 e. The second-order valence-corrected chi connectivity index (χ2v) is 3.89. The monoisotopic (exact) mass is 287 g/mol. The maximum atomic E-state index is 13.5. The van der Waals surface area contributed by atoms with Crippen molar-refractivity contribution in [2.75, 3.05) is 6.61 Å². The van der Waals surface area contributed by atoms with Crippen LogP contribution < -0.4 is 0 Å². The molecule has 86 valence electrons. The highest BCUT2D eigenvalue weighted by Gasteiger charge is 2.14. The minimum atomic E-state index is -0.736. The van der Waals surface area contributed by atoms with Crippen LogP contribution in [0.25, 0.3) is 0 Å². The predicted octanol–water partition coefficient (Wildman–Crippen LogP) is 3.29. The van der Waals surface area contributed by atoms with Crippen LogP contribution >= 0.6 is 15.9 Å². The Hall–Kier alpha value is -1.20. The van der Waals surface area contributed by atoms with Gasteiger partial charge in [0.25, 0.3) is 0 Å². The molecule has 0 amide bonds. The van der Waals surface area contributed by atoms with Gasteiger partial charge in [-0.3, -0.25) is 0 Å². The molecule has 1 rings (SSSR count). The van der Waals surface area contributed by atoms with Crippen LogP contribution in [0.3, 0.4) is 0 Å². The Bertz CT molecular complexity index is 396. The van der Waals surface area contributed by atoms with Gasteiger partial charge in [-0.2, -0.15) is 0 Å². The molecule has 0 heterocycles. The lowest BCUT2D eigenvalue weighted by Gasteiger charge is -2.13. The normalized spacial score (nSPS) is 12.9. The van der Waals surface area contributed by atoms with Crippen molar-refractivity contribution < 1.29 is 14.3 Å². The van der Waals surface area contributed by atoms with Crippen LogP contribution in [-0.2, 0) is 4.74 Å². The van der Waals surface area contributed by atoms with E-state index < -0.39 is 11.9 Å². The molecule has 0 saturated heterocycles. The number of oxime groups is 1. The van der Waals surface area contributed by atoms with Crippen molar-refractivity contribution in [3.05, 3.63) is 46.7 Å². The number of hydrogen-bond acceptors (Lipinski definition) is 3. The molecule has 0 aliphatic heterocycles. The van der Waals surface area contributed by atoms with Gasteiger partial charge in [0, 0.05) is 10.0 Å². The van der Waals surface area contributed by atoms with Gasteiger partial charge in [0.2, 0.25) is 0 Å². The Balaban J connectivity index is 2.99. The van der Waals surface area contributed by atoms with Crippen LogP contribution in [0, 0.1) is 5.82 Å². The van der Waals surface area contributed by atoms with E-state index in [0.29, 0.717) is 5.56 Å². The molecule has 0 bridgehead atoms. The van der Waals surface area contributed by atoms with E-state index in [9.17, 15) is 4.39 Å². The second-order valence-electron chi connectivity index (χ2n) is 2.97. The van der Waals surface area contributed by atoms with Crippen molar-refractivity contribution in [1.29, 1.82) is 0 Å². The zero-order chi connectivity index (χ0) is 12.0. The summed E-state index contributed by atoms with van der Waals surface area (Å²) < 4.78 is 19.5. The molecule has 0 saturated carbocycles. The Morgan fingerprint density at radius 2 is 2.38 bits per heavy atom. The van der Waals surface area contributed by atoms with Crippen molar-refractivity contribution in [2.24, 2.45) is 5.16 Å². The highest BCUT2D eigenvalue weighted by atomic mass is 79.9. The summed E-state index contributed by atoms with van der Waals surface area (Å²) in [6.45, 7) is 3.73. The molecule has 0 fully saturated rings. The summed E-state index contributed by atoms with van der Waals surface area (Å²) >= 11 is 3.23. The van der Waals surface area contributed by atoms with Crippen molar-refractivity contribution in [1.82, 2.24) is 0 Å². The van der Waals surface area contributed by atoms with E-state index in [1.807, 2.05) is 0 Å². The lowest BCUT2D eigenvalue weighted by atomic mass is 10.1. The molecule has 1 N–H and O–H groups in total. The van der Waals surface area contributed by atoms with Gasteiger partial charge in [0.15, 0.2) is 0 Å². The molecule has 3 nitrogen and oxygen atoms in total. The van der Waals surface area contributed by atoms with Crippen LogP contribution in [0.5, 0.6) is 0 Å². The third-order valence-electron chi connectivity index (χ3n) is 1.86. The quantitative estimate of drug-likeness (QED) is 0.391. The first-order valence-corrected chi connectivity index (χ1v) is 5.33. The number of nitrogens with zero attached hydrogens (tertiary/aromatic N) is 1. The fourth-order valence-electron chi connectivity index (χ4n) is 1.18. The van der Waals surface area contributed by atoms with Gasteiger partial charge in [-0.1, -0.05) is 27.2 Å². The highest BCUT2D eigenvalue weighted by Crippen LogP contribution is 2.23. The molecule has 5 heteroatoms. The summed E-state index contributed by atoms with van der Waals surface area (Å²) in [6.07, 6.45) is 1.92. The van der Waals surface area contributed by atoms with Crippen molar-refractivity contribution >= 4 is 22.1 Å². The SMILES string of the molecule is C=CCOC(C=NO)c1cc(Br)ccc1F. The summed E-state index contributed by atoms with van der Waals surface area (Å²) in [6, 6.07) is 4.47. The Morgan fingerprint density at radius 3 is 3.00 bits per heavy atom. The highest BCUT2D eigenvalue weighted by molar-refractivity contribution is 9.10. The summed E-state index contributed by atoms with van der Waals surface area (Å²) in [5.41, 5.74) is 0.300. The number of benzene rings is 1. The van der Waals surface area contributed by atoms with E-state index in [4.69, 9.17) is 9.94 Å². The smallest absolute Gasteiger partial charge is 0.129 e. The summed E-state index contributed by atoms with van der Waals surface area (Å²) in [7, 11) is 0. The first-order valence-electron chi connectivity index (χ1n) is 4.54. The van der Waals surface area contributed by atoms with E-state index in [1.165, 1.54) is 12.1 Å². The zero-order valence-electron chi connectivity index (χ0n) is 8.44. The number of rotatable bonds is 5. The standard InChI is InChI=1S/C11H11BrFNO2/c1-2-5-16-11(7-14-15)9-6-8(12)3-4-10(9)13/h2-4,6-7,11,15H,1,5H2. The van der Waals surface area contributed by atoms with Gasteiger partial charge in [-0.25, -0.2) is 4.39 Å². The fourth-order valence-corrected chi connectivity index (χ4v) is 1.56. The van der Waals surface area contributed by atoms with Gasteiger partial charge in [-0.15, -0.1) is 6.58 Å². The summed E-state index contributed by atoms with van der Waals surface area (Å²) in [5, 5.41) is 11.4. The number of ether oxygens (including phenoxy) is 1. The Labute approximate surface area is 101 Å². The van der Waals surface area contributed by atoms with Gasteiger partial charge >= 0.3 is 0 Å². The predicted molar refractivity (Wildman–Crippen MR) is 63.3 cm³/mol. The number of halogens is 2. The maximum Gasteiger partial charge on any atom is 0.129 e. The van der Waals surface area contributed by atoms with Gasteiger partial charge < -0.3 is 9.94 Å². The molecule has 1 unspecified atom stereocenters. The molecular formula is C11H11BrFNO2. The fraction of sp³-hybridized carbons (Fsp3) is 0.182. The molecule has 1 aromatic carbocycles. The Morgan fingerprint density at radius 1 is 1.62 bits per heavy atom. The van der Waals surface area contributed by atoms with Gasteiger partial charge in [-0.05, 0) is 18.2 Å². The van der Waals surface area contributed by atoms with E-state index >= 15 is 0 Å². The lowest BCUT2D eigenvalue weighted by molar-refractivity contribution is 0.122. The van der Waals surface area contributed by atoms with E-state index in [2.05, 4.69) is 27.7 Å². The topological polar surface area (TPSA) is 41.8 Å². The summed E-state index contributed by atoms with van der Waals surface area (Å²) in [4.78, 5) is 0. The largest absolute Gasteiger partial charge is 0.411 e. The van der Waals surface area contributed by atoms with Crippen LogP contribution in [0.1, 0.15) is 11.7 Å². The molecule has 1 atom stereocenters. The molecule has 1 aromatic rings. The molecule has 0 radical (unpaired) electrons. The second kappa shape index (κ2) is 6.40. The average Bonchev–Trinajstić information content (AvgIpc) is 2.28. The van der Waals surface area contributed by atoms with Crippen molar-refractivity contribution in [3.63, 3.8) is 0 Å². The van der Waals surface area contributed by atoms with E-state index in [1.54, 1.807) is 12.1 Å². The number of hydrogen-bond donors (Lipinski definition) is 1. The van der Waals surface area contributed by atoms with Crippen LogP contribution in [0.15, 0.2) is 40.5 Å². The zero-order valence-corrected chi connectivity index (χ0v) is 10.0. The van der Waals surface area contributed by atoms with E-state index in [-0.39, 0.29) is 6.61 Å². The van der Waals surface area contributed by atoms with Crippen LogP contribution in [0.2, 0.25) is 0 Å². The third kappa shape index (κ3) is 3.43. The van der Waals surface area contributed by atoms with Crippen molar-refractivity contribution in [2.45, 2.75) is 6.10 Å². The molecule has 0 spiro atoms. The lowest BCUT2D eigenvalue weighted by Crippen LogP contribution is -2.08. The first kappa shape index (κ1) is 12.9.